The van der Waals surface area contributed by atoms with Crippen molar-refractivity contribution in [3.8, 4) is 5.75 Å². The first-order chi connectivity index (χ1) is 16.1. The molecule has 180 valence electrons. The van der Waals surface area contributed by atoms with Crippen molar-refractivity contribution in [1.29, 1.82) is 0 Å². The van der Waals surface area contributed by atoms with Crippen LogP contribution < -0.4 is 10.1 Å². The van der Waals surface area contributed by atoms with Crippen LogP contribution in [0.25, 0.3) is 0 Å². The molecule has 0 aliphatic rings. The molecule has 1 amide bonds. The van der Waals surface area contributed by atoms with E-state index in [-0.39, 0.29) is 23.2 Å². The van der Waals surface area contributed by atoms with Crippen LogP contribution in [-0.4, -0.2) is 26.4 Å². The zero-order valence-corrected chi connectivity index (χ0v) is 22.0. The number of ether oxygens (including phenoxy) is 1. The predicted molar refractivity (Wildman–Crippen MR) is 140 cm³/mol. The molecule has 9 heteroatoms. The summed E-state index contributed by atoms with van der Waals surface area (Å²) in [5.74, 6) is 1.34. The van der Waals surface area contributed by atoms with Crippen molar-refractivity contribution < 1.29 is 9.53 Å². The molecule has 0 aliphatic carbocycles. The van der Waals surface area contributed by atoms with Crippen LogP contribution in [0.2, 0.25) is 10.0 Å². The highest BCUT2D eigenvalue weighted by Gasteiger charge is 2.20. The number of aromatic nitrogens is 3. The second-order valence-electron chi connectivity index (χ2n) is 8.77. The molecule has 0 saturated heterocycles. The van der Waals surface area contributed by atoms with Crippen molar-refractivity contribution in [3.05, 3.63) is 76.6 Å². The summed E-state index contributed by atoms with van der Waals surface area (Å²) < 4.78 is 8.02. The number of anilines is 1. The van der Waals surface area contributed by atoms with Crippen LogP contribution in [0.3, 0.4) is 0 Å². The normalized spacial score (nSPS) is 12.3. The lowest BCUT2D eigenvalue weighted by Crippen LogP contribution is -2.15. The Morgan fingerprint density at radius 3 is 2.41 bits per heavy atom. The molecule has 3 rings (SSSR count). The van der Waals surface area contributed by atoms with E-state index in [1.54, 1.807) is 24.3 Å². The molecule has 0 saturated carbocycles. The minimum Gasteiger partial charge on any atom is -0.483 e. The summed E-state index contributed by atoms with van der Waals surface area (Å²) in [6.07, 6.45) is 1.42. The van der Waals surface area contributed by atoms with Gasteiger partial charge in [-0.2, -0.15) is 0 Å². The molecular weight excluding hydrogens is 491 g/mol. The van der Waals surface area contributed by atoms with Crippen LogP contribution in [0, 0.1) is 0 Å². The van der Waals surface area contributed by atoms with Crippen molar-refractivity contribution in [2.24, 2.45) is 0 Å². The van der Waals surface area contributed by atoms with E-state index in [1.165, 1.54) is 17.3 Å². The number of benzene rings is 2. The maximum Gasteiger partial charge on any atom is 0.234 e. The largest absolute Gasteiger partial charge is 0.483 e. The van der Waals surface area contributed by atoms with Crippen molar-refractivity contribution in [2.45, 2.75) is 50.9 Å². The predicted octanol–water partition coefficient (Wildman–Crippen LogP) is 6.94. The van der Waals surface area contributed by atoms with Gasteiger partial charge in [0.1, 0.15) is 5.75 Å². The summed E-state index contributed by atoms with van der Waals surface area (Å²) in [4.78, 5) is 12.4. The molecule has 34 heavy (non-hydrogen) atoms. The van der Waals surface area contributed by atoms with Gasteiger partial charge in [0.2, 0.25) is 5.91 Å². The average Bonchev–Trinajstić information content (AvgIpc) is 3.14. The average molecular weight is 519 g/mol. The van der Waals surface area contributed by atoms with Crippen LogP contribution in [0.1, 0.15) is 45.2 Å². The molecule has 0 fully saturated rings. The van der Waals surface area contributed by atoms with Gasteiger partial charge in [-0.05, 0) is 48.2 Å². The monoisotopic (exact) mass is 518 g/mol. The second-order valence-corrected chi connectivity index (χ2v) is 10.6. The smallest absolute Gasteiger partial charge is 0.234 e. The number of hydrogen-bond acceptors (Lipinski definition) is 5. The molecule has 0 bridgehead atoms. The Bertz CT molecular complexity index is 1140. The summed E-state index contributed by atoms with van der Waals surface area (Å²) >= 11 is 13.3. The van der Waals surface area contributed by atoms with E-state index >= 15 is 0 Å². The lowest BCUT2D eigenvalue weighted by atomic mass is 9.87. The Labute approximate surface area is 214 Å². The Morgan fingerprint density at radius 2 is 1.82 bits per heavy atom. The third-order valence-corrected chi connectivity index (χ3v) is 6.34. The third-order valence-electron chi connectivity index (χ3n) is 4.93. The van der Waals surface area contributed by atoms with Crippen LogP contribution in [0.15, 0.2) is 60.3 Å². The van der Waals surface area contributed by atoms with Gasteiger partial charge in [0, 0.05) is 22.3 Å². The highest BCUT2D eigenvalue weighted by Crippen LogP contribution is 2.28. The third kappa shape index (κ3) is 7.01. The first kappa shape index (κ1) is 26.1. The maximum absolute atomic E-state index is 12.4. The fourth-order valence-corrected chi connectivity index (χ4v) is 4.53. The highest BCUT2D eigenvalue weighted by molar-refractivity contribution is 7.99. The van der Waals surface area contributed by atoms with E-state index in [1.807, 2.05) is 23.6 Å². The van der Waals surface area contributed by atoms with Gasteiger partial charge in [0.05, 0.1) is 5.75 Å². The molecule has 1 atom stereocenters. The fourth-order valence-electron chi connectivity index (χ4n) is 3.25. The van der Waals surface area contributed by atoms with Crippen molar-refractivity contribution in [2.75, 3.05) is 11.1 Å². The Morgan fingerprint density at radius 1 is 1.18 bits per heavy atom. The van der Waals surface area contributed by atoms with Crippen LogP contribution in [-0.2, 0) is 16.8 Å². The summed E-state index contributed by atoms with van der Waals surface area (Å²) in [5, 5.41) is 12.9. The van der Waals surface area contributed by atoms with Gasteiger partial charge < -0.3 is 10.1 Å². The number of amides is 1. The summed E-state index contributed by atoms with van der Waals surface area (Å²) in [6, 6.07) is 13.0. The molecule has 0 radical (unpaired) electrons. The van der Waals surface area contributed by atoms with E-state index in [2.05, 4.69) is 55.0 Å². The number of rotatable bonds is 9. The number of hydrogen-bond donors (Lipinski definition) is 1. The maximum atomic E-state index is 12.4. The van der Waals surface area contributed by atoms with E-state index in [0.29, 0.717) is 33.3 Å². The Kier molecular flexibility index (Phi) is 8.68. The topological polar surface area (TPSA) is 69.0 Å². The van der Waals surface area contributed by atoms with Gasteiger partial charge >= 0.3 is 0 Å². The fraction of sp³-hybridized carbons (Fsp3) is 0.320. The summed E-state index contributed by atoms with van der Waals surface area (Å²) in [7, 11) is 0. The highest BCUT2D eigenvalue weighted by atomic mass is 35.5. The molecule has 0 aliphatic heterocycles. The molecule has 3 aromatic rings. The molecule has 2 aromatic carbocycles. The number of thioether (sulfide) groups is 1. The molecule has 0 spiro atoms. The van der Waals surface area contributed by atoms with E-state index < -0.39 is 0 Å². The zero-order chi connectivity index (χ0) is 24.9. The van der Waals surface area contributed by atoms with Crippen molar-refractivity contribution in [3.63, 3.8) is 0 Å². The van der Waals surface area contributed by atoms with Gasteiger partial charge in [0.25, 0.3) is 0 Å². The van der Waals surface area contributed by atoms with Crippen molar-refractivity contribution in [1.82, 2.24) is 14.8 Å². The molecule has 1 aromatic heterocycles. The van der Waals surface area contributed by atoms with Gasteiger partial charge in [-0.3, -0.25) is 9.36 Å². The minimum absolute atomic E-state index is 0.0751. The van der Waals surface area contributed by atoms with Crippen molar-refractivity contribution >= 4 is 46.6 Å². The van der Waals surface area contributed by atoms with Gasteiger partial charge in [-0.15, -0.1) is 16.8 Å². The number of halogens is 2. The molecular formula is C25H28Cl2N4O2S. The molecule has 6 nitrogen and oxygen atoms in total. The zero-order valence-electron chi connectivity index (χ0n) is 19.6. The summed E-state index contributed by atoms with van der Waals surface area (Å²) in [6.45, 7) is 12.8. The first-order valence-electron chi connectivity index (χ1n) is 10.8. The van der Waals surface area contributed by atoms with E-state index in [0.717, 1.165) is 5.75 Å². The van der Waals surface area contributed by atoms with E-state index in [9.17, 15) is 4.79 Å². The number of carbonyl (C=O) groups is 1. The number of allylic oxidation sites excluding steroid dienone is 1. The molecule has 1 unspecified atom stereocenters. The van der Waals surface area contributed by atoms with E-state index in [4.69, 9.17) is 27.9 Å². The van der Waals surface area contributed by atoms with Gasteiger partial charge in [-0.25, -0.2) is 0 Å². The standard InChI is InChI=1S/C25H28Cl2N4O2S/c1-6-11-31-23(16(2)33-21-9-7-17(8-10-21)25(3,4)5)29-30-24(31)34-15-22(32)28-20-13-18(26)12-19(27)14-20/h6-10,12-14,16H,1,11,15H2,2-5H3,(H,28,32). The molecule has 1 heterocycles. The number of nitrogens with one attached hydrogen (secondary N) is 1. The Hall–Kier alpha value is -2.48. The van der Waals surface area contributed by atoms with Gasteiger partial charge in [0.15, 0.2) is 17.1 Å². The van der Waals surface area contributed by atoms with Crippen LogP contribution in [0.5, 0.6) is 5.75 Å². The number of carbonyl (C=O) groups excluding carboxylic acids is 1. The van der Waals surface area contributed by atoms with Gasteiger partial charge in [-0.1, -0.05) is 73.9 Å². The van der Waals surface area contributed by atoms with Crippen LogP contribution in [0.4, 0.5) is 5.69 Å². The molecule has 1 N–H and O–H groups in total. The minimum atomic E-state index is -0.343. The first-order valence-corrected chi connectivity index (χ1v) is 12.5. The van der Waals surface area contributed by atoms with Crippen LogP contribution >= 0.6 is 35.0 Å². The second kappa shape index (κ2) is 11.3. The lowest BCUT2D eigenvalue weighted by Gasteiger charge is -2.20. The number of nitrogens with zero attached hydrogens (tertiary/aromatic N) is 3. The summed E-state index contributed by atoms with van der Waals surface area (Å²) in [5.41, 5.74) is 1.85. The quantitative estimate of drug-likeness (QED) is 0.245. The lowest BCUT2D eigenvalue weighted by molar-refractivity contribution is -0.113. The Balaban J connectivity index is 1.67. The SMILES string of the molecule is C=CCn1c(SCC(=O)Nc2cc(Cl)cc(Cl)c2)nnc1C(C)Oc1ccc(C(C)(C)C)cc1.